The highest BCUT2D eigenvalue weighted by Crippen LogP contribution is 2.12. The number of hydrogen-bond acceptors (Lipinski definition) is 5. The average molecular weight is 328 g/mol. The van der Waals surface area contributed by atoms with E-state index in [2.05, 4.69) is 32.3 Å². The molecule has 1 atom stereocenters. The summed E-state index contributed by atoms with van der Waals surface area (Å²) in [6.07, 6.45) is -0.580. The third-order valence-corrected chi connectivity index (χ3v) is 3.82. The molecule has 1 fully saturated rings. The van der Waals surface area contributed by atoms with Gasteiger partial charge in [0.25, 0.3) is 5.91 Å². The van der Waals surface area contributed by atoms with Crippen molar-refractivity contribution in [1.82, 2.24) is 14.9 Å². The molecule has 0 radical (unpaired) electrons. The fourth-order valence-corrected chi connectivity index (χ4v) is 2.70. The molecule has 1 aromatic carbocycles. The number of aromatic nitrogens is 2. The van der Waals surface area contributed by atoms with Gasteiger partial charge in [-0.2, -0.15) is 4.98 Å². The molecule has 24 heavy (non-hydrogen) atoms. The van der Waals surface area contributed by atoms with Crippen molar-refractivity contribution in [1.29, 1.82) is 0 Å². The number of ether oxygens (including phenoxy) is 1. The third kappa shape index (κ3) is 4.27. The molecule has 126 valence electrons. The van der Waals surface area contributed by atoms with Gasteiger partial charge in [0.05, 0.1) is 6.61 Å². The molecule has 1 aliphatic rings. The van der Waals surface area contributed by atoms with Crippen LogP contribution in [0.5, 0.6) is 0 Å². The number of aromatic amines is 1. The second-order valence-electron chi connectivity index (χ2n) is 5.82. The van der Waals surface area contributed by atoms with Crippen molar-refractivity contribution < 1.29 is 9.53 Å². The first-order valence-corrected chi connectivity index (χ1v) is 7.87. The number of rotatable bonds is 4. The summed E-state index contributed by atoms with van der Waals surface area (Å²) in [5.74, 6) is -0.0460. The second-order valence-corrected chi connectivity index (χ2v) is 5.82. The lowest BCUT2D eigenvalue weighted by molar-refractivity contribution is -0.133. The quantitative estimate of drug-likeness (QED) is 0.871. The molecule has 7 nitrogen and oxygen atoms in total. The molecular weight excluding hydrogens is 308 g/mol. The van der Waals surface area contributed by atoms with Crippen LogP contribution in [0.1, 0.15) is 11.3 Å². The zero-order chi connectivity index (χ0) is 16.9. The van der Waals surface area contributed by atoms with Crippen molar-refractivity contribution >= 4 is 11.7 Å². The summed E-state index contributed by atoms with van der Waals surface area (Å²) >= 11 is 0. The lowest BCUT2D eigenvalue weighted by Crippen LogP contribution is -2.47. The van der Waals surface area contributed by atoms with Gasteiger partial charge in [-0.15, -0.1) is 0 Å². The summed E-state index contributed by atoms with van der Waals surface area (Å²) in [7, 11) is 0. The summed E-state index contributed by atoms with van der Waals surface area (Å²) in [6.45, 7) is 4.28. The Kier molecular flexibility index (Phi) is 5.02. The highest BCUT2D eigenvalue weighted by atomic mass is 16.5. The van der Waals surface area contributed by atoms with Crippen molar-refractivity contribution in [2.75, 3.05) is 25.0 Å². The van der Waals surface area contributed by atoms with E-state index in [0.29, 0.717) is 18.8 Å². The molecule has 0 unspecified atom stereocenters. The molecule has 1 saturated heterocycles. The van der Waals surface area contributed by atoms with Gasteiger partial charge in [-0.25, -0.2) is 4.79 Å². The van der Waals surface area contributed by atoms with Crippen LogP contribution in [-0.2, 0) is 16.1 Å². The van der Waals surface area contributed by atoms with Gasteiger partial charge in [0.2, 0.25) is 0 Å². The van der Waals surface area contributed by atoms with Gasteiger partial charge in [0.1, 0.15) is 11.9 Å². The summed E-state index contributed by atoms with van der Waals surface area (Å²) in [4.78, 5) is 32.2. The molecule has 0 aliphatic carbocycles. The first kappa shape index (κ1) is 16.4. The van der Waals surface area contributed by atoms with Crippen LogP contribution in [0.25, 0.3) is 0 Å². The molecule has 1 aromatic heterocycles. The topological polar surface area (TPSA) is 87.3 Å². The predicted molar refractivity (Wildman–Crippen MR) is 89.7 cm³/mol. The second kappa shape index (κ2) is 7.37. The Morgan fingerprint density at radius 2 is 2.21 bits per heavy atom. The number of anilines is 1. The lowest BCUT2D eigenvalue weighted by atomic mass is 10.2. The fraction of sp³-hybridized carbons (Fsp3) is 0.353. The number of nitrogens with zero attached hydrogens (tertiary/aromatic N) is 2. The lowest BCUT2D eigenvalue weighted by Gasteiger charge is -2.32. The summed E-state index contributed by atoms with van der Waals surface area (Å²) in [6, 6.07) is 11.7. The standard InChI is InChI=1S/C17H20N4O3/c1-12-9-15(20-17(23)18-12)19-16(22)14-11-21(7-8-24-14)10-13-5-3-2-4-6-13/h2-6,9,14H,7-8,10-11H2,1H3,(H2,18,19,20,22,23)/t14-/m1/s1. The Morgan fingerprint density at radius 1 is 1.42 bits per heavy atom. The van der Waals surface area contributed by atoms with Crippen LogP contribution in [0.15, 0.2) is 41.2 Å². The van der Waals surface area contributed by atoms with Crippen molar-refractivity contribution in [3.05, 3.63) is 58.1 Å². The predicted octanol–water partition coefficient (Wildman–Crippen LogP) is 0.918. The van der Waals surface area contributed by atoms with E-state index in [1.807, 2.05) is 18.2 Å². The van der Waals surface area contributed by atoms with Gasteiger partial charge in [0.15, 0.2) is 0 Å². The number of aryl methyl sites for hydroxylation is 1. The highest BCUT2D eigenvalue weighted by molar-refractivity contribution is 5.93. The van der Waals surface area contributed by atoms with Gasteiger partial charge in [-0.1, -0.05) is 30.3 Å². The van der Waals surface area contributed by atoms with Crippen LogP contribution in [-0.4, -0.2) is 46.6 Å². The average Bonchev–Trinajstić information content (AvgIpc) is 2.55. The highest BCUT2D eigenvalue weighted by Gasteiger charge is 2.27. The number of H-pyrrole nitrogens is 1. The smallest absolute Gasteiger partial charge is 0.347 e. The first-order valence-electron chi connectivity index (χ1n) is 7.87. The zero-order valence-corrected chi connectivity index (χ0v) is 13.5. The molecule has 3 rings (SSSR count). The van der Waals surface area contributed by atoms with Crippen molar-refractivity contribution in [2.24, 2.45) is 0 Å². The maximum absolute atomic E-state index is 12.4. The minimum atomic E-state index is -0.580. The Hall–Kier alpha value is -2.51. The van der Waals surface area contributed by atoms with E-state index < -0.39 is 11.8 Å². The first-order chi connectivity index (χ1) is 11.6. The van der Waals surface area contributed by atoms with E-state index in [9.17, 15) is 9.59 Å². The van der Waals surface area contributed by atoms with Crippen LogP contribution < -0.4 is 11.0 Å². The number of hydrogen-bond donors (Lipinski definition) is 2. The summed E-state index contributed by atoms with van der Waals surface area (Å²) in [5.41, 5.74) is 1.35. The molecule has 2 heterocycles. The Labute approximate surface area is 139 Å². The molecule has 1 amide bonds. The van der Waals surface area contributed by atoms with Crippen molar-refractivity contribution in [2.45, 2.75) is 19.6 Å². The molecule has 2 aromatic rings. The summed E-state index contributed by atoms with van der Waals surface area (Å²) < 4.78 is 5.57. The fourth-order valence-electron chi connectivity index (χ4n) is 2.70. The molecule has 1 aliphatic heterocycles. The van der Waals surface area contributed by atoms with Gasteiger partial charge in [-0.3, -0.25) is 9.69 Å². The SMILES string of the molecule is Cc1cc(NC(=O)[C@H]2CN(Cc3ccccc3)CCO2)nc(=O)[nH]1. The molecule has 7 heteroatoms. The summed E-state index contributed by atoms with van der Waals surface area (Å²) in [5, 5.41) is 2.66. The Balaban J connectivity index is 1.61. The minimum absolute atomic E-state index is 0.241. The van der Waals surface area contributed by atoms with Gasteiger partial charge in [0, 0.05) is 31.4 Å². The number of amides is 1. The van der Waals surface area contributed by atoms with E-state index >= 15 is 0 Å². The van der Waals surface area contributed by atoms with Crippen LogP contribution >= 0.6 is 0 Å². The zero-order valence-electron chi connectivity index (χ0n) is 13.5. The maximum atomic E-state index is 12.4. The molecule has 0 bridgehead atoms. The number of morpholine rings is 1. The number of benzene rings is 1. The van der Waals surface area contributed by atoms with Crippen molar-refractivity contribution in [3.63, 3.8) is 0 Å². The normalized spacial score (nSPS) is 18.3. The Morgan fingerprint density at radius 3 is 2.96 bits per heavy atom. The Bertz CT molecular complexity index is 760. The van der Waals surface area contributed by atoms with Crippen LogP contribution in [0.4, 0.5) is 5.82 Å². The van der Waals surface area contributed by atoms with Crippen LogP contribution in [0, 0.1) is 6.92 Å². The minimum Gasteiger partial charge on any atom is -0.366 e. The maximum Gasteiger partial charge on any atom is 0.347 e. The van der Waals surface area contributed by atoms with Gasteiger partial charge in [-0.05, 0) is 12.5 Å². The largest absolute Gasteiger partial charge is 0.366 e. The van der Waals surface area contributed by atoms with E-state index in [1.165, 1.54) is 5.56 Å². The number of carbonyl (C=O) groups is 1. The molecule has 2 N–H and O–H groups in total. The molecular formula is C17H20N4O3. The third-order valence-electron chi connectivity index (χ3n) is 3.82. The van der Waals surface area contributed by atoms with E-state index in [1.54, 1.807) is 13.0 Å². The molecule has 0 saturated carbocycles. The monoisotopic (exact) mass is 328 g/mol. The van der Waals surface area contributed by atoms with E-state index in [0.717, 1.165) is 13.1 Å². The molecule has 0 spiro atoms. The van der Waals surface area contributed by atoms with E-state index in [4.69, 9.17) is 4.74 Å². The van der Waals surface area contributed by atoms with Crippen molar-refractivity contribution in [3.8, 4) is 0 Å². The van der Waals surface area contributed by atoms with Gasteiger partial charge < -0.3 is 15.0 Å². The van der Waals surface area contributed by atoms with Gasteiger partial charge >= 0.3 is 5.69 Å². The number of carbonyl (C=O) groups excluding carboxylic acids is 1. The van der Waals surface area contributed by atoms with Crippen LogP contribution in [0.2, 0.25) is 0 Å². The van der Waals surface area contributed by atoms with E-state index in [-0.39, 0.29) is 11.7 Å². The number of nitrogens with one attached hydrogen (secondary N) is 2. The van der Waals surface area contributed by atoms with Crippen LogP contribution in [0.3, 0.4) is 0 Å².